The molecule has 2 aliphatic heterocycles. The summed E-state index contributed by atoms with van der Waals surface area (Å²) in [5.41, 5.74) is 6.10. The van der Waals surface area contributed by atoms with Gasteiger partial charge >= 0.3 is 0 Å². The van der Waals surface area contributed by atoms with Crippen molar-refractivity contribution in [2.45, 2.75) is 32.7 Å². The molecule has 5 heteroatoms. The summed E-state index contributed by atoms with van der Waals surface area (Å²) in [4.78, 5) is 9.39. The zero-order valence-electron chi connectivity index (χ0n) is 12.3. The van der Waals surface area contributed by atoms with Gasteiger partial charge in [-0.3, -0.25) is 9.89 Å². The molecule has 19 heavy (non-hydrogen) atoms. The number of hydrogen-bond acceptors (Lipinski definition) is 3. The molecule has 2 fully saturated rings. The summed E-state index contributed by atoms with van der Waals surface area (Å²) < 4.78 is 0. The standard InChI is InChI=1S/C14H28N4S/c1-12-3-5-17(6-4-12)13(2)11-16-14(15)18-7-9-19-10-8-18/h12-13H,3-11H2,1-2H3,(H2,15,16). The van der Waals surface area contributed by atoms with E-state index in [4.69, 9.17) is 5.73 Å². The summed E-state index contributed by atoms with van der Waals surface area (Å²) in [7, 11) is 0. The van der Waals surface area contributed by atoms with Crippen molar-refractivity contribution in [2.24, 2.45) is 16.6 Å². The molecule has 0 saturated carbocycles. The van der Waals surface area contributed by atoms with Crippen LogP contribution >= 0.6 is 11.8 Å². The maximum absolute atomic E-state index is 6.10. The summed E-state index contributed by atoms with van der Waals surface area (Å²) in [6, 6.07) is 0.519. The number of piperidine rings is 1. The van der Waals surface area contributed by atoms with E-state index in [2.05, 4.69) is 28.6 Å². The molecular formula is C14H28N4S. The molecule has 1 unspecified atom stereocenters. The van der Waals surface area contributed by atoms with Crippen molar-refractivity contribution in [1.82, 2.24) is 9.80 Å². The van der Waals surface area contributed by atoms with E-state index < -0.39 is 0 Å². The number of guanidine groups is 1. The summed E-state index contributed by atoms with van der Waals surface area (Å²) in [5, 5.41) is 0. The molecule has 0 aromatic heterocycles. The first kappa shape index (κ1) is 15.0. The Bertz CT molecular complexity index is 294. The van der Waals surface area contributed by atoms with Crippen molar-refractivity contribution < 1.29 is 0 Å². The highest BCUT2D eigenvalue weighted by atomic mass is 32.2. The molecule has 2 saturated heterocycles. The topological polar surface area (TPSA) is 44.9 Å². The van der Waals surface area contributed by atoms with Crippen LogP contribution in [0.25, 0.3) is 0 Å². The highest BCUT2D eigenvalue weighted by Crippen LogP contribution is 2.18. The van der Waals surface area contributed by atoms with Crippen LogP contribution in [0.4, 0.5) is 0 Å². The predicted molar refractivity (Wildman–Crippen MR) is 84.8 cm³/mol. The third kappa shape index (κ3) is 4.56. The van der Waals surface area contributed by atoms with Gasteiger partial charge in [0.1, 0.15) is 0 Å². The van der Waals surface area contributed by atoms with Crippen LogP contribution in [-0.2, 0) is 0 Å². The van der Waals surface area contributed by atoms with Gasteiger partial charge in [-0.1, -0.05) is 6.92 Å². The van der Waals surface area contributed by atoms with Gasteiger partial charge in [0.15, 0.2) is 5.96 Å². The Morgan fingerprint density at radius 1 is 1.26 bits per heavy atom. The Labute approximate surface area is 121 Å². The van der Waals surface area contributed by atoms with E-state index in [0.29, 0.717) is 6.04 Å². The summed E-state index contributed by atoms with van der Waals surface area (Å²) >= 11 is 2.00. The lowest BCUT2D eigenvalue weighted by Crippen LogP contribution is -2.44. The second kappa shape index (κ2) is 7.39. The van der Waals surface area contributed by atoms with Crippen molar-refractivity contribution in [2.75, 3.05) is 44.2 Å². The number of thioether (sulfide) groups is 1. The van der Waals surface area contributed by atoms with Crippen LogP contribution in [0.2, 0.25) is 0 Å². The number of likely N-dealkylation sites (tertiary alicyclic amines) is 1. The Balaban J connectivity index is 1.76. The SMILES string of the molecule is CC1CCN(C(C)CN=C(N)N2CCSCC2)CC1. The molecule has 2 rings (SSSR count). The number of rotatable bonds is 3. The van der Waals surface area contributed by atoms with E-state index in [-0.39, 0.29) is 0 Å². The molecule has 0 spiro atoms. The zero-order chi connectivity index (χ0) is 13.7. The van der Waals surface area contributed by atoms with Crippen molar-refractivity contribution >= 4 is 17.7 Å². The molecule has 1 atom stereocenters. The highest BCUT2D eigenvalue weighted by Gasteiger charge is 2.20. The van der Waals surface area contributed by atoms with Gasteiger partial charge in [-0.05, 0) is 38.8 Å². The average molecular weight is 284 g/mol. The quantitative estimate of drug-likeness (QED) is 0.630. The van der Waals surface area contributed by atoms with Crippen molar-refractivity contribution in [3.05, 3.63) is 0 Å². The Kier molecular flexibility index (Phi) is 5.82. The van der Waals surface area contributed by atoms with E-state index in [9.17, 15) is 0 Å². The fourth-order valence-corrected chi connectivity index (χ4v) is 3.61. The fourth-order valence-electron chi connectivity index (χ4n) is 2.70. The number of hydrogen-bond donors (Lipinski definition) is 1. The maximum Gasteiger partial charge on any atom is 0.191 e. The molecular weight excluding hydrogens is 256 g/mol. The molecule has 110 valence electrons. The van der Waals surface area contributed by atoms with Crippen molar-refractivity contribution in [3.8, 4) is 0 Å². The smallest absolute Gasteiger partial charge is 0.191 e. The van der Waals surface area contributed by atoms with Crippen LogP contribution in [0.3, 0.4) is 0 Å². The first-order chi connectivity index (χ1) is 9.16. The Morgan fingerprint density at radius 2 is 1.89 bits per heavy atom. The van der Waals surface area contributed by atoms with Crippen LogP contribution in [0, 0.1) is 5.92 Å². The lowest BCUT2D eigenvalue weighted by atomic mass is 9.98. The van der Waals surface area contributed by atoms with E-state index in [0.717, 1.165) is 31.5 Å². The third-order valence-electron chi connectivity index (χ3n) is 4.29. The molecule has 4 nitrogen and oxygen atoms in total. The summed E-state index contributed by atoms with van der Waals surface area (Å²) in [6.07, 6.45) is 2.65. The molecule has 0 aromatic carbocycles. The molecule has 0 bridgehead atoms. The Hall–Kier alpha value is -0.420. The minimum absolute atomic E-state index is 0.519. The van der Waals surface area contributed by atoms with Gasteiger partial charge in [0, 0.05) is 30.6 Å². The van der Waals surface area contributed by atoms with Crippen LogP contribution in [-0.4, -0.2) is 66.0 Å². The van der Waals surface area contributed by atoms with Gasteiger partial charge in [0.2, 0.25) is 0 Å². The molecule has 0 aliphatic carbocycles. The minimum atomic E-state index is 0.519. The lowest BCUT2D eigenvalue weighted by molar-refractivity contribution is 0.150. The largest absolute Gasteiger partial charge is 0.370 e. The molecule has 2 aliphatic rings. The van der Waals surface area contributed by atoms with Crippen LogP contribution in [0.1, 0.15) is 26.7 Å². The van der Waals surface area contributed by atoms with Gasteiger partial charge in [-0.25, -0.2) is 0 Å². The average Bonchev–Trinajstić information content (AvgIpc) is 2.46. The molecule has 0 amide bonds. The van der Waals surface area contributed by atoms with E-state index in [1.54, 1.807) is 0 Å². The third-order valence-corrected chi connectivity index (χ3v) is 5.24. The van der Waals surface area contributed by atoms with Gasteiger partial charge in [-0.2, -0.15) is 11.8 Å². The number of aliphatic imine (C=N–C) groups is 1. The predicted octanol–water partition coefficient (Wildman–Crippen LogP) is 1.47. The first-order valence-electron chi connectivity index (χ1n) is 7.53. The monoisotopic (exact) mass is 284 g/mol. The van der Waals surface area contributed by atoms with Crippen LogP contribution < -0.4 is 5.73 Å². The van der Waals surface area contributed by atoms with E-state index in [1.165, 1.54) is 37.4 Å². The lowest BCUT2D eigenvalue weighted by Gasteiger charge is -2.34. The Morgan fingerprint density at radius 3 is 2.53 bits per heavy atom. The van der Waals surface area contributed by atoms with E-state index >= 15 is 0 Å². The molecule has 2 heterocycles. The van der Waals surface area contributed by atoms with Crippen molar-refractivity contribution in [3.63, 3.8) is 0 Å². The summed E-state index contributed by atoms with van der Waals surface area (Å²) in [6.45, 7) is 10.0. The van der Waals surface area contributed by atoms with Gasteiger partial charge < -0.3 is 10.6 Å². The minimum Gasteiger partial charge on any atom is -0.370 e. The molecule has 0 aromatic rings. The van der Waals surface area contributed by atoms with Gasteiger partial charge in [0.05, 0.1) is 6.54 Å². The van der Waals surface area contributed by atoms with E-state index in [1.807, 2.05) is 11.8 Å². The second-order valence-electron chi connectivity index (χ2n) is 5.87. The first-order valence-corrected chi connectivity index (χ1v) is 8.69. The number of nitrogens with two attached hydrogens (primary N) is 1. The number of nitrogens with zero attached hydrogens (tertiary/aromatic N) is 3. The maximum atomic E-state index is 6.10. The molecule has 2 N–H and O–H groups in total. The normalized spacial score (nSPS) is 25.6. The fraction of sp³-hybridized carbons (Fsp3) is 0.929. The second-order valence-corrected chi connectivity index (χ2v) is 7.09. The van der Waals surface area contributed by atoms with Crippen LogP contribution in [0.5, 0.6) is 0 Å². The molecule has 0 radical (unpaired) electrons. The summed E-state index contributed by atoms with van der Waals surface area (Å²) in [5.74, 6) is 3.99. The highest BCUT2D eigenvalue weighted by molar-refractivity contribution is 7.99. The zero-order valence-corrected chi connectivity index (χ0v) is 13.2. The van der Waals surface area contributed by atoms with Crippen LogP contribution in [0.15, 0.2) is 4.99 Å². The van der Waals surface area contributed by atoms with Gasteiger partial charge in [-0.15, -0.1) is 0 Å². The van der Waals surface area contributed by atoms with Crippen molar-refractivity contribution in [1.29, 1.82) is 0 Å². The van der Waals surface area contributed by atoms with Gasteiger partial charge in [0.25, 0.3) is 0 Å².